The van der Waals surface area contributed by atoms with E-state index in [1.807, 2.05) is 6.26 Å². The lowest BCUT2D eigenvalue weighted by Gasteiger charge is -2.16. The van der Waals surface area contributed by atoms with E-state index in [0.29, 0.717) is 11.3 Å². The fourth-order valence-electron chi connectivity index (χ4n) is 3.83. The van der Waals surface area contributed by atoms with E-state index >= 15 is 0 Å². The summed E-state index contributed by atoms with van der Waals surface area (Å²) in [6.07, 6.45) is -8.44. The molecule has 7 nitrogen and oxygen atoms in total. The van der Waals surface area contributed by atoms with Gasteiger partial charge in [0.2, 0.25) is 0 Å². The van der Waals surface area contributed by atoms with E-state index in [1.54, 1.807) is 6.92 Å². The molecule has 0 saturated heterocycles. The van der Waals surface area contributed by atoms with Gasteiger partial charge in [-0.15, -0.1) is 0 Å². The average molecular weight is 621 g/mol. The number of carbonyl (C=O) groups excluding carboxylic acids is 3. The number of nitrogens with one attached hydrogen (secondary N) is 2. The minimum Gasteiger partial charge on any atom is -0.349 e. The lowest BCUT2D eigenvalue weighted by atomic mass is 10.0. The summed E-state index contributed by atoms with van der Waals surface area (Å²) in [4.78, 5) is 38.6. The van der Waals surface area contributed by atoms with Crippen LogP contribution in [0.25, 0.3) is 0 Å². The van der Waals surface area contributed by atoms with Crippen molar-refractivity contribution < 1.29 is 40.7 Å². The van der Waals surface area contributed by atoms with Gasteiger partial charge in [-0.2, -0.15) is 43.2 Å². The SMILES string of the molecule is CSC[C@H](C)NC(=O)c1c(Cl)cccc1C(=O)Nc1ccc(C(=O)Cn2nc(C(F)(F)F)cc2C(F)(F)F)cc1C. The average Bonchev–Trinajstić information content (AvgIpc) is 3.30. The molecule has 2 amide bonds. The molecule has 1 aromatic heterocycles. The van der Waals surface area contributed by atoms with Crippen molar-refractivity contribution in [1.82, 2.24) is 15.1 Å². The quantitative estimate of drug-likeness (QED) is 0.211. The third-order valence-electron chi connectivity index (χ3n) is 5.73. The molecule has 2 N–H and O–H groups in total. The first-order valence-corrected chi connectivity index (χ1v) is 13.6. The van der Waals surface area contributed by atoms with Gasteiger partial charge in [0.1, 0.15) is 12.2 Å². The lowest BCUT2D eigenvalue weighted by Crippen LogP contribution is -2.35. The number of carbonyl (C=O) groups is 3. The van der Waals surface area contributed by atoms with Crippen molar-refractivity contribution in [2.75, 3.05) is 17.3 Å². The van der Waals surface area contributed by atoms with Crippen LogP contribution in [0.5, 0.6) is 0 Å². The number of aromatic nitrogens is 2. The standard InChI is InChI=1S/C26H23ClF6N4O3S/c1-13-9-15(19(38)11-37-21(26(31,32)33)10-20(36-37)25(28,29)30)7-8-18(13)35-23(39)16-5-4-6-17(27)22(16)24(40)34-14(2)12-41-3/h4-10,14H,11-12H2,1-3H3,(H,34,40)(H,35,39)/t14-/m0/s1. The number of alkyl halides is 6. The maximum atomic E-state index is 13.3. The van der Waals surface area contributed by atoms with Gasteiger partial charge in [-0.25, -0.2) is 0 Å². The van der Waals surface area contributed by atoms with Crippen LogP contribution >= 0.6 is 23.4 Å². The van der Waals surface area contributed by atoms with Crippen molar-refractivity contribution in [1.29, 1.82) is 0 Å². The molecule has 41 heavy (non-hydrogen) atoms. The summed E-state index contributed by atoms with van der Waals surface area (Å²) in [5.41, 5.74) is -3.15. The summed E-state index contributed by atoms with van der Waals surface area (Å²) in [5, 5.41) is 8.36. The molecule has 15 heteroatoms. The van der Waals surface area contributed by atoms with Crippen molar-refractivity contribution in [3.05, 3.63) is 81.1 Å². The predicted octanol–water partition coefficient (Wildman–Crippen LogP) is 6.50. The lowest BCUT2D eigenvalue weighted by molar-refractivity contribution is -0.144. The molecule has 3 rings (SSSR count). The van der Waals surface area contributed by atoms with Crippen molar-refractivity contribution in [3.8, 4) is 0 Å². The van der Waals surface area contributed by atoms with Crippen molar-refractivity contribution in [2.45, 2.75) is 38.8 Å². The number of benzene rings is 2. The Morgan fingerprint density at radius 2 is 1.71 bits per heavy atom. The summed E-state index contributed by atoms with van der Waals surface area (Å²) in [7, 11) is 0. The summed E-state index contributed by atoms with van der Waals surface area (Å²) in [5.74, 6) is -1.56. The second kappa shape index (κ2) is 12.6. The number of thioether (sulfide) groups is 1. The van der Waals surface area contributed by atoms with Gasteiger partial charge in [0, 0.05) is 29.1 Å². The first kappa shape index (κ1) is 32.0. The molecule has 0 unspecified atom stereocenters. The van der Waals surface area contributed by atoms with Gasteiger partial charge < -0.3 is 10.6 Å². The molecule has 0 fully saturated rings. The van der Waals surface area contributed by atoms with Crippen LogP contribution in [0, 0.1) is 6.92 Å². The molecule has 1 heterocycles. The van der Waals surface area contributed by atoms with E-state index in [4.69, 9.17) is 11.6 Å². The molecule has 0 radical (unpaired) electrons. The molecule has 0 bridgehead atoms. The zero-order chi connectivity index (χ0) is 30.7. The Kier molecular flexibility index (Phi) is 9.80. The number of aryl methyl sites for hydroxylation is 1. The van der Waals surface area contributed by atoms with Crippen molar-refractivity contribution in [2.24, 2.45) is 0 Å². The molecule has 3 aromatic rings. The second-order valence-electron chi connectivity index (χ2n) is 8.97. The number of hydrogen-bond donors (Lipinski definition) is 2. The monoisotopic (exact) mass is 620 g/mol. The molecule has 0 aliphatic heterocycles. The zero-order valence-electron chi connectivity index (χ0n) is 21.7. The minimum atomic E-state index is -5.18. The van der Waals surface area contributed by atoms with E-state index in [9.17, 15) is 40.7 Å². The Hall–Kier alpha value is -3.52. The van der Waals surface area contributed by atoms with Crippen molar-refractivity contribution >= 4 is 46.6 Å². The maximum absolute atomic E-state index is 13.3. The highest BCUT2D eigenvalue weighted by Crippen LogP contribution is 2.35. The van der Waals surface area contributed by atoms with Crippen LogP contribution < -0.4 is 10.6 Å². The third-order valence-corrected chi connectivity index (χ3v) is 6.88. The molecule has 0 spiro atoms. The van der Waals surface area contributed by atoms with Crippen molar-refractivity contribution in [3.63, 3.8) is 0 Å². The number of hydrogen-bond acceptors (Lipinski definition) is 5. The van der Waals surface area contributed by atoms with Gasteiger partial charge in [0.15, 0.2) is 11.5 Å². The highest BCUT2D eigenvalue weighted by Gasteiger charge is 2.42. The van der Waals surface area contributed by atoms with E-state index < -0.39 is 47.9 Å². The Morgan fingerprint density at radius 3 is 2.29 bits per heavy atom. The van der Waals surface area contributed by atoms with Crippen LogP contribution in [0.1, 0.15) is 54.9 Å². The molecule has 220 valence electrons. The normalized spacial score (nSPS) is 12.6. The minimum absolute atomic E-state index is 0.0234. The molecule has 0 saturated carbocycles. The van der Waals surface area contributed by atoms with E-state index in [-0.39, 0.29) is 44.2 Å². The van der Waals surface area contributed by atoms with E-state index in [0.717, 1.165) is 0 Å². The van der Waals surface area contributed by atoms with Crippen LogP contribution in [-0.4, -0.2) is 45.4 Å². The first-order chi connectivity index (χ1) is 19.0. The van der Waals surface area contributed by atoms with E-state index in [1.165, 1.54) is 55.1 Å². The van der Waals surface area contributed by atoms with Gasteiger partial charge in [-0.05, 0) is 56.0 Å². The number of Topliss-reactive ketones (excluding diaryl/α,β-unsaturated/α-hetero) is 1. The van der Waals surface area contributed by atoms with Gasteiger partial charge in [-0.3, -0.25) is 19.1 Å². The van der Waals surface area contributed by atoms with Crippen LogP contribution in [-0.2, 0) is 18.9 Å². The van der Waals surface area contributed by atoms with Crippen LogP contribution in [0.2, 0.25) is 5.02 Å². The first-order valence-electron chi connectivity index (χ1n) is 11.8. The smallest absolute Gasteiger partial charge is 0.349 e. The number of amides is 2. The summed E-state index contributed by atoms with van der Waals surface area (Å²) in [6.45, 7) is 2.19. The fraction of sp³-hybridized carbons (Fsp3) is 0.308. The number of rotatable bonds is 9. The van der Waals surface area contributed by atoms with Gasteiger partial charge in [-0.1, -0.05) is 17.7 Å². The molecular formula is C26H23ClF6N4O3S. The maximum Gasteiger partial charge on any atom is 0.435 e. The largest absolute Gasteiger partial charge is 0.435 e. The molecule has 0 aliphatic carbocycles. The fourth-order valence-corrected chi connectivity index (χ4v) is 4.67. The second-order valence-corrected chi connectivity index (χ2v) is 10.3. The number of anilines is 1. The Morgan fingerprint density at radius 1 is 1.02 bits per heavy atom. The molecule has 0 aliphatic rings. The third kappa shape index (κ3) is 7.82. The van der Waals surface area contributed by atoms with Gasteiger partial charge in [0.05, 0.1) is 16.1 Å². The van der Waals surface area contributed by atoms with E-state index in [2.05, 4.69) is 15.7 Å². The topological polar surface area (TPSA) is 93.1 Å². The highest BCUT2D eigenvalue weighted by molar-refractivity contribution is 7.98. The van der Waals surface area contributed by atoms with Crippen LogP contribution in [0.4, 0.5) is 32.0 Å². The molecule has 2 aromatic carbocycles. The van der Waals surface area contributed by atoms with Crippen LogP contribution in [0.3, 0.4) is 0 Å². The number of nitrogens with zero attached hydrogens (tertiary/aromatic N) is 2. The Bertz CT molecular complexity index is 1470. The highest BCUT2D eigenvalue weighted by atomic mass is 35.5. The zero-order valence-corrected chi connectivity index (χ0v) is 23.3. The molecular weight excluding hydrogens is 598 g/mol. The Balaban J connectivity index is 1.82. The van der Waals surface area contributed by atoms with Crippen LogP contribution in [0.15, 0.2) is 42.5 Å². The number of halogens is 7. The van der Waals surface area contributed by atoms with Gasteiger partial charge >= 0.3 is 12.4 Å². The number of ketones is 1. The predicted molar refractivity (Wildman–Crippen MR) is 142 cm³/mol. The summed E-state index contributed by atoms with van der Waals surface area (Å²) in [6, 6.07) is 7.75. The Labute approximate surface area is 239 Å². The summed E-state index contributed by atoms with van der Waals surface area (Å²) >= 11 is 7.75. The van der Waals surface area contributed by atoms with Gasteiger partial charge in [0.25, 0.3) is 11.8 Å². The summed E-state index contributed by atoms with van der Waals surface area (Å²) < 4.78 is 78.6. The molecule has 1 atom stereocenters.